The maximum Gasteiger partial charge on any atom is 0.163 e. The Labute approximate surface area is 184 Å². The van der Waals surface area contributed by atoms with Gasteiger partial charge >= 0.3 is 0 Å². The molecular weight excluding hydrogens is 468 g/mol. The smallest absolute Gasteiger partial charge is 0.163 e. The molecule has 0 spiro atoms. The minimum Gasteiger partial charge on any atom is -0.507 e. The average molecular weight is 491 g/mol. The first-order valence-electron chi connectivity index (χ1n) is 9.79. The van der Waals surface area contributed by atoms with E-state index in [1.807, 2.05) is 42.5 Å². The van der Waals surface area contributed by atoms with Crippen LogP contribution in [0.25, 0.3) is 11.6 Å². The van der Waals surface area contributed by atoms with Crippen LogP contribution in [0.2, 0.25) is 0 Å². The molecule has 30 heavy (non-hydrogen) atoms. The second-order valence-electron chi connectivity index (χ2n) is 7.61. The van der Waals surface area contributed by atoms with Crippen LogP contribution in [0.5, 0.6) is 5.75 Å². The van der Waals surface area contributed by atoms with E-state index in [9.17, 15) is 18.6 Å². The van der Waals surface area contributed by atoms with Gasteiger partial charge in [-0.15, -0.1) is 0 Å². The lowest BCUT2D eigenvalue weighted by Gasteiger charge is -2.15. The van der Waals surface area contributed by atoms with Gasteiger partial charge in [-0.3, -0.25) is 0 Å². The molecule has 2 atom stereocenters. The van der Waals surface area contributed by atoms with Gasteiger partial charge in [0.15, 0.2) is 9.84 Å². The normalized spacial score (nSPS) is 23.1. The molecule has 0 unspecified atom stereocenters. The molecule has 2 aromatic rings. The molecule has 2 aliphatic rings. The summed E-state index contributed by atoms with van der Waals surface area (Å²) in [5.41, 5.74) is 4.07. The van der Waals surface area contributed by atoms with Gasteiger partial charge in [-0.1, -0.05) is 46.3 Å². The lowest BCUT2D eigenvalue weighted by Crippen LogP contribution is -2.19. The molecule has 4 rings (SSSR count). The van der Waals surface area contributed by atoms with Crippen molar-refractivity contribution in [3.05, 3.63) is 75.3 Å². The van der Waals surface area contributed by atoms with Crippen molar-refractivity contribution < 1.29 is 23.4 Å². The van der Waals surface area contributed by atoms with E-state index < -0.39 is 15.1 Å². The molecule has 7 heteroatoms. The van der Waals surface area contributed by atoms with E-state index in [0.29, 0.717) is 24.0 Å². The lowest BCUT2D eigenvalue weighted by molar-refractivity contribution is 0.118. The Bertz CT molecular complexity index is 1110. The highest BCUT2D eigenvalue weighted by Gasteiger charge is 2.46. The Balaban J connectivity index is 1.63. The monoisotopic (exact) mass is 490 g/mol. The summed E-state index contributed by atoms with van der Waals surface area (Å²) >= 11 is 3.44. The van der Waals surface area contributed by atoms with Crippen molar-refractivity contribution in [1.29, 1.82) is 0 Å². The highest BCUT2D eigenvalue weighted by atomic mass is 79.9. The summed E-state index contributed by atoms with van der Waals surface area (Å²) in [6.45, 7) is -0.0964. The van der Waals surface area contributed by atoms with Gasteiger partial charge in [0.25, 0.3) is 0 Å². The number of hydrogen-bond donors (Lipinski definition) is 2. The summed E-state index contributed by atoms with van der Waals surface area (Å²) < 4.78 is 31.4. The first-order chi connectivity index (χ1) is 14.4. The Kier molecular flexibility index (Phi) is 6.16. The molecule has 0 radical (unpaired) electrons. The summed E-state index contributed by atoms with van der Waals surface area (Å²) in [6.07, 6.45) is 2.86. The maximum absolute atomic E-state index is 12.4. The zero-order valence-corrected chi connectivity index (χ0v) is 18.7. The van der Waals surface area contributed by atoms with Gasteiger partial charge in [-0.25, -0.2) is 8.42 Å². The number of aliphatic hydroxyl groups excluding tert-OH is 1. The van der Waals surface area contributed by atoms with Crippen molar-refractivity contribution in [2.75, 3.05) is 19.0 Å². The van der Waals surface area contributed by atoms with Crippen LogP contribution in [-0.4, -0.2) is 49.0 Å². The zero-order chi connectivity index (χ0) is 21.3. The fourth-order valence-corrected chi connectivity index (χ4v) is 6.53. The first kappa shape index (κ1) is 21.3. The number of aliphatic hydroxyl groups is 1. The Hall–Kier alpha value is -1.93. The quantitative estimate of drug-likeness (QED) is 0.472. The van der Waals surface area contributed by atoms with Crippen LogP contribution < -0.4 is 0 Å². The van der Waals surface area contributed by atoms with E-state index in [-0.39, 0.29) is 30.8 Å². The number of rotatable bonds is 6. The SMILES string of the molecule is O=S1(=O)CC(CO)=C2[C@@H](CC/C(=C/c3cc(Br)ccc3O)c3ccccc3)OC[C@@H]21. The van der Waals surface area contributed by atoms with Gasteiger partial charge in [0.1, 0.15) is 11.0 Å². The third-order valence-corrected chi connectivity index (χ3v) is 8.19. The molecule has 1 saturated heterocycles. The summed E-state index contributed by atoms with van der Waals surface area (Å²) in [6, 6.07) is 15.2. The van der Waals surface area contributed by atoms with Crippen molar-refractivity contribution in [2.45, 2.75) is 24.2 Å². The molecule has 2 aromatic carbocycles. The summed E-state index contributed by atoms with van der Waals surface area (Å²) in [5.74, 6) is 0.118. The highest BCUT2D eigenvalue weighted by Crippen LogP contribution is 2.39. The molecule has 0 amide bonds. The van der Waals surface area contributed by atoms with Crippen LogP contribution in [-0.2, 0) is 14.6 Å². The molecule has 5 nitrogen and oxygen atoms in total. The van der Waals surface area contributed by atoms with Crippen LogP contribution in [0.15, 0.2) is 64.1 Å². The predicted octanol–water partition coefficient (Wildman–Crippen LogP) is 3.96. The fraction of sp³-hybridized carbons (Fsp3) is 0.304. The zero-order valence-electron chi connectivity index (χ0n) is 16.3. The number of benzene rings is 2. The average Bonchev–Trinajstić information content (AvgIpc) is 3.27. The fourth-order valence-electron chi connectivity index (χ4n) is 4.21. The number of phenols is 1. The number of phenolic OH excluding ortho intramolecular Hbond substituents is 1. The molecule has 1 fully saturated rings. The Morgan fingerprint density at radius 1 is 1.20 bits per heavy atom. The van der Waals surface area contributed by atoms with Crippen molar-refractivity contribution >= 4 is 37.4 Å². The molecule has 0 saturated carbocycles. The molecule has 0 aromatic heterocycles. The number of ether oxygens (including phenoxy) is 1. The van der Waals surface area contributed by atoms with Crippen LogP contribution in [0.1, 0.15) is 24.0 Å². The van der Waals surface area contributed by atoms with Crippen molar-refractivity contribution in [1.82, 2.24) is 0 Å². The van der Waals surface area contributed by atoms with Crippen LogP contribution in [0, 0.1) is 0 Å². The van der Waals surface area contributed by atoms with Gasteiger partial charge in [-0.2, -0.15) is 0 Å². The minimum atomic E-state index is -3.28. The van der Waals surface area contributed by atoms with Crippen molar-refractivity contribution in [3.63, 3.8) is 0 Å². The standard InChI is InChI=1S/C23H23BrO5S/c24-19-7-8-20(26)17(11-19)10-16(15-4-2-1-3-5-15)6-9-21-23-18(12-25)14-30(27,28)22(23)13-29-21/h1-5,7-8,10-11,21-22,25-26H,6,9,12-14H2/b16-10-/t21-,22+/m1/s1. The molecule has 0 bridgehead atoms. The highest BCUT2D eigenvalue weighted by molar-refractivity contribution is 9.10. The molecule has 2 N–H and O–H groups in total. The third kappa shape index (κ3) is 4.25. The summed E-state index contributed by atoms with van der Waals surface area (Å²) in [7, 11) is -3.28. The van der Waals surface area contributed by atoms with Crippen LogP contribution in [0.4, 0.5) is 0 Å². The van der Waals surface area contributed by atoms with Gasteiger partial charge in [0.2, 0.25) is 0 Å². The van der Waals surface area contributed by atoms with E-state index in [4.69, 9.17) is 4.74 Å². The number of halogens is 1. The van der Waals surface area contributed by atoms with E-state index in [1.54, 1.807) is 12.1 Å². The van der Waals surface area contributed by atoms with E-state index in [0.717, 1.165) is 21.2 Å². The number of fused-ring (bicyclic) bond motifs is 1. The van der Waals surface area contributed by atoms with E-state index in [2.05, 4.69) is 15.9 Å². The second-order valence-corrected chi connectivity index (χ2v) is 10.7. The van der Waals surface area contributed by atoms with Gasteiger partial charge in [0.05, 0.1) is 25.1 Å². The third-order valence-electron chi connectivity index (χ3n) is 5.69. The lowest BCUT2D eigenvalue weighted by atomic mass is 9.93. The molecule has 2 aliphatic heterocycles. The molecule has 2 heterocycles. The molecule has 158 valence electrons. The number of sulfone groups is 1. The van der Waals surface area contributed by atoms with Gasteiger partial charge in [0, 0.05) is 10.0 Å². The number of hydrogen-bond acceptors (Lipinski definition) is 5. The Morgan fingerprint density at radius 2 is 1.97 bits per heavy atom. The first-order valence-corrected chi connectivity index (χ1v) is 12.3. The summed E-state index contributed by atoms with van der Waals surface area (Å²) in [4.78, 5) is 0. The second kappa shape index (κ2) is 8.67. The number of aromatic hydroxyl groups is 1. The summed E-state index contributed by atoms with van der Waals surface area (Å²) in [5, 5.41) is 19.3. The van der Waals surface area contributed by atoms with Gasteiger partial charge < -0.3 is 14.9 Å². The predicted molar refractivity (Wildman–Crippen MR) is 121 cm³/mol. The van der Waals surface area contributed by atoms with Crippen molar-refractivity contribution in [2.24, 2.45) is 0 Å². The van der Waals surface area contributed by atoms with Gasteiger partial charge in [-0.05, 0) is 59.4 Å². The largest absolute Gasteiger partial charge is 0.507 e. The molecule has 0 aliphatic carbocycles. The van der Waals surface area contributed by atoms with Crippen molar-refractivity contribution in [3.8, 4) is 5.75 Å². The molecular formula is C23H23BrO5S. The van der Waals surface area contributed by atoms with E-state index in [1.165, 1.54) is 0 Å². The van der Waals surface area contributed by atoms with Crippen LogP contribution >= 0.6 is 15.9 Å². The minimum absolute atomic E-state index is 0.0728. The number of allylic oxidation sites excluding steroid dienone is 1. The van der Waals surface area contributed by atoms with E-state index >= 15 is 0 Å². The maximum atomic E-state index is 12.4. The topological polar surface area (TPSA) is 83.8 Å². The Morgan fingerprint density at radius 3 is 2.70 bits per heavy atom. The van der Waals surface area contributed by atoms with Crippen LogP contribution in [0.3, 0.4) is 0 Å².